The third-order valence-corrected chi connectivity index (χ3v) is 2.02. The van der Waals surface area contributed by atoms with Crippen molar-refractivity contribution in [2.24, 2.45) is 0 Å². The molecule has 0 unspecified atom stereocenters. The topological polar surface area (TPSA) is 104 Å². The van der Waals surface area contributed by atoms with Crippen LogP contribution in [0.4, 0.5) is 11.4 Å². The Balaban J connectivity index is 2.82. The number of carbonyl (C=O) groups is 2. The number of carboxylic acids is 1. The third kappa shape index (κ3) is 2.88. The molecule has 0 bridgehead atoms. The zero-order valence-electron chi connectivity index (χ0n) is 8.78. The number of benzene rings is 1. The monoisotopic (exact) mass is 223 g/mol. The molecule has 0 heterocycles. The highest BCUT2D eigenvalue weighted by atomic mass is 16.4. The number of hydrogen-bond donors (Lipinski definition) is 4. The lowest BCUT2D eigenvalue weighted by molar-refractivity contribution is -0.118. The minimum Gasteiger partial charge on any atom is -0.478 e. The highest BCUT2D eigenvalue weighted by Gasteiger charge is 2.07. The molecule has 0 aliphatic carbocycles. The zero-order valence-corrected chi connectivity index (χ0v) is 8.78. The van der Waals surface area contributed by atoms with Crippen molar-refractivity contribution in [3.05, 3.63) is 23.8 Å². The maximum Gasteiger partial charge on any atom is 0.335 e. The first-order valence-electron chi connectivity index (χ1n) is 4.62. The minimum atomic E-state index is -1.04. The molecule has 1 aromatic rings. The molecule has 0 aliphatic rings. The van der Waals surface area contributed by atoms with E-state index in [1.165, 1.54) is 25.2 Å². The molecule has 16 heavy (non-hydrogen) atoms. The Bertz CT molecular complexity index is 418. The van der Waals surface area contributed by atoms with Gasteiger partial charge in [0.05, 0.1) is 23.5 Å². The van der Waals surface area contributed by atoms with E-state index >= 15 is 0 Å². The summed E-state index contributed by atoms with van der Waals surface area (Å²) in [6.45, 7) is 0.0454. The average molecular weight is 223 g/mol. The van der Waals surface area contributed by atoms with Crippen LogP contribution in [0.15, 0.2) is 18.2 Å². The first-order valence-corrected chi connectivity index (χ1v) is 4.62. The molecule has 0 fully saturated rings. The first kappa shape index (κ1) is 11.8. The number of anilines is 2. The van der Waals surface area contributed by atoms with Crippen LogP contribution in [0.1, 0.15) is 10.4 Å². The van der Waals surface area contributed by atoms with E-state index < -0.39 is 5.97 Å². The molecule has 1 aromatic carbocycles. The minimum absolute atomic E-state index is 0.0454. The Morgan fingerprint density at radius 1 is 1.44 bits per heavy atom. The number of nitrogen functional groups attached to an aromatic ring is 1. The van der Waals surface area contributed by atoms with E-state index in [0.717, 1.165) is 0 Å². The van der Waals surface area contributed by atoms with Crippen molar-refractivity contribution in [2.75, 3.05) is 24.6 Å². The fourth-order valence-corrected chi connectivity index (χ4v) is 1.11. The van der Waals surface area contributed by atoms with E-state index in [9.17, 15) is 9.59 Å². The van der Waals surface area contributed by atoms with Crippen molar-refractivity contribution in [3.63, 3.8) is 0 Å². The summed E-state index contributed by atoms with van der Waals surface area (Å²) in [7, 11) is 1.51. The summed E-state index contributed by atoms with van der Waals surface area (Å²) in [5.41, 5.74) is 6.58. The van der Waals surface area contributed by atoms with Crippen LogP contribution >= 0.6 is 0 Å². The number of rotatable bonds is 4. The Labute approximate surface area is 92.4 Å². The zero-order chi connectivity index (χ0) is 12.1. The summed E-state index contributed by atoms with van der Waals surface area (Å²) in [4.78, 5) is 21.7. The van der Waals surface area contributed by atoms with Gasteiger partial charge in [-0.2, -0.15) is 0 Å². The molecule has 5 N–H and O–H groups in total. The molecule has 6 heteroatoms. The van der Waals surface area contributed by atoms with Crippen molar-refractivity contribution < 1.29 is 14.7 Å². The Morgan fingerprint density at radius 3 is 2.69 bits per heavy atom. The number of nitrogens with two attached hydrogens (primary N) is 1. The molecule has 6 nitrogen and oxygen atoms in total. The second-order valence-corrected chi connectivity index (χ2v) is 3.13. The molecule has 0 aromatic heterocycles. The van der Waals surface area contributed by atoms with Crippen molar-refractivity contribution in [3.8, 4) is 0 Å². The lowest BCUT2D eigenvalue weighted by atomic mass is 10.1. The van der Waals surface area contributed by atoms with Gasteiger partial charge in [0.15, 0.2) is 0 Å². The van der Waals surface area contributed by atoms with Gasteiger partial charge in [-0.3, -0.25) is 4.79 Å². The highest BCUT2D eigenvalue weighted by Crippen LogP contribution is 2.19. The number of carbonyl (C=O) groups excluding carboxylic acids is 1. The average Bonchev–Trinajstić information content (AvgIpc) is 2.27. The number of carboxylic acid groups (broad SMARTS) is 1. The van der Waals surface area contributed by atoms with Crippen molar-refractivity contribution >= 4 is 23.3 Å². The number of aromatic carboxylic acids is 1. The van der Waals surface area contributed by atoms with E-state index in [4.69, 9.17) is 10.8 Å². The van der Waals surface area contributed by atoms with Gasteiger partial charge in [0.2, 0.25) is 5.91 Å². The summed E-state index contributed by atoms with van der Waals surface area (Å²) in [5, 5.41) is 14.0. The third-order valence-electron chi connectivity index (χ3n) is 2.02. The second kappa shape index (κ2) is 5.01. The Kier molecular flexibility index (Phi) is 3.71. The predicted octanol–water partition coefficient (Wildman–Crippen LogP) is 0.125. The summed E-state index contributed by atoms with van der Waals surface area (Å²) >= 11 is 0. The maximum absolute atomic E-state index is 11.0. The molecule has 0 spiro atoms. The van der Waals surface area contributed by atoms with E-state index in [1.807, 2.05) is 0 Å². The highest BCUT2D eigenvalue weighted by molar-refractivity contribution is 5.91. The molecular weight excluding hydrogens is 210 g/mol. The lowest BCUT2D eigenvalue weighted by Gasteiger charge is -2.09. The largest absolute Gasteiger partial charge is 0.478 e. The standard InChI is InChI=1S/C10H13N3O3/c1-12-9(14)5-13-8-4-6(10(15)16)2-3-7(8)11/h2-4,13H,5,11H2,1H3,(H,12,14)(H,15,16). The quantitative estimate of drug-likeness (QED) is 0.543. The van der Waals surface area contributed by atoms with Crippen LogP contribution in [0.2, 0.25) is 0 Å². The molecule has 86 valence electrons. The van der Waals surface area contributed by atoms with E-state index in [1.54, 1.807) is 0 Å². The van der Waals surface area contributed by atoms with Gasteiger partial charge in [0.1, 0.15) is 0 Å². The van der Waals surface area contributed by atoms with E-state index in [-0.39, 0.29) is 18.0 Å². The van der Waals surface area contributed by atoms with Gasteiger partial charge in [-0.1, -0.05) is 0 Å². The maximum atomic E-state index is 11.0. The second-order valence-electron chi connectivity index (χ2n) is 3.13. The molecule has 1 amide bonds. The van der Waals surface area contributed by atoms with Gasteiger partial charge in [-0.15, -0.1) is 0 Å². The van der Waals surface area contributed by atoms with E-state index in [2.05, 4.69) is 10.6 Å². The summed E-state index contributed by atoms with van der Waals surface area (Å²) in [6.07, 6.45) is 0. The SMILES string of the molecule is CNC(=O)CNc1cc(C(=O)O)ccc1N. The van der Waals surface area contributed by atoms with Crippen LogP contribution in [-0.4, -0.2) is 30.6 Å². The van der Waals surface area contributed by atoms with Crippen LogP contribution in [0.3, 0.4) is 0 Å². The number of amides is 1. The smallest absolute Gasteiger partial charge is 0.335 e. The van der Waals surface area contributed by atoms with Crippen LogP contribution in [0.5, 0.6) is 0 Å². The Morgan fingerprint density at radius 2 is 2.12 bits per heavy atom. The molecule has 0 radical (unpaired) electrons. The molecule has 1 rings (SSSR count). The normalized spacial score (nSPS) is 9.56. The van der Waals surface area contributed by atoms with Gasteiger partial charge >= 0.3 is 5.97 Å². The lowest BCUT2D eigenvalue weighted by Crippen LogP contribution is -2.26. The molecule has 0 aliphatic heterocycles. The van der Waals surface area contributed by atoms with Gasteiger partial charge in [-0.05, 0) is 18.2 Å². The van der Waals surface area contributed by atoms with Crippen molar-refractivity contribution in [1.29, 1.82) is 0 Å². The molecule has 0 atom stereocenters. The van der Waals surface area contributed by atoms with Crippen molar-refractivity contribution in [1.82, 2.24) is 5.32 Å². The van der Waals surface area contributed by atoms with Crippen LogP contribution in [0, 0.1) is 0 Å². The van der Waals surface area contributed by atoms with E-state index in [0.29, 0.717) is 11.4 Å². The van der Waals surface area contributed by atoms with Crippen LogP contribution in [0.25, 0.3) is 0 Å². The number of likely N-dealkylation sites (N-methyl/N-ethyl adjacent to an activating group) is 1. The fourth-order valence-electron chi connectivity index (χ4n) is 1.11. The Hall–Kier alpha value is -2.24. The summed E-state index contributed by atoms with van der Waals surface area (Å²) in [6, 6.07) is 4.28. The van der Waals surface area contributed by atoms with Gasteiger partial charge in [0.25, 0.3) is 0 Å². The molecular formula is C10H13N3O3. The number of hydrogen-bond acceptors (Lipinski definition) is 4. The van der Waals surface area contributed by atoms with Crippen LogP contribution < -0.4 is 16.4 Å². The summed E-state index contributed by atoms with van der Waals surface area (Å²) < 4.78 is 0. The fraction of sp³-hybridized carbons (Fsp3) is 0.200. The van der Waals surface area contributed by atoms with Crippen molar-refractivity contribution in [2.45, 2.75) is 0 Å². The molecule has 0 saturated carbocycles. The molecule has 0 saturated heterocycles. The van der Waals surface area contributed by atoms with Gasteiger partial charge in [-0.25, -0.2) is 4.79 Å². The van der Waals surface area contributed by atoms with Gasteiger partial charge < -0.3 is 21.5 Å². The summed E-state index contributed by atoms with van der Waals surface area (Å²) in [5.74, 6) is -1.25. The first-order chi connectivity index (χ1) is 7.54. The van der Waals surface area contributed by atoms with Crippen LogP contribution in [-0.2, 0) is 4.79 Å². The predicted molar refractivity (Wildman–Crippen MR) is 60.4 cm³/mol. The number of nitrogens with one attached hydrogen (secondary N) is 2. The van der Waals surface area contributed by atoms with Gasteiger partial charge in [0, 0.05) is 7.05 Å².